The second-order valence-corrected chi connectivity index (χ2v) is 5.64. The molecule has 1 aromatic rings. The van der Waals surface area contributed by atoms with Gasteiger partial charge in [0.2, 0.25) is 10.0 Å². The van der Waals surface area contributed by atoms with Crippen molar-refractivity contribution in [2.45, 2.75) is 24.3 Å². The molecule has 100 valence electrons. The lowest BCUT2D eigenvalue weighted by Crippen LogP contribution is -2.32. The Bertz CT molecular complexity index is 526. The Balaban J connectivity index is 3.11. The van der Waals surface area contributed by atoms with Crippen molar-refractivity contribution in [2.75, 3.05) is 12.8 Å². The zero-order valence-corrected chi connectivity index (χ0v) is 11.3. The second-order valence-electron chi connectivity index (χ2n) is 3.96. The third-order valence-electron chi connectivity index (χ3n) is 2.35. The third-order valence-corrected chi connectivity index (χ3v) is 3.96. The van der Waals surface area contributed by atoms with Crippen molar-refractivity contribution in [3.05, 3.63) is 30.9 Å². The van der Waals surface area contributed by atoms with Crippen LogP contribution in [0, 0.1) is 0 Å². The molecule has 1 atom stereocenters. The van der Waals surface area contributed by atoms with Gasteiger partial charge in [0.15, 0.2) is 0 Å². The van der Waals surface area contributed by atoms with Crippen LogP contribution >= 0.6 is 0 Å². The van der Waals surface area contributed by atoms with Gasteiger partial charge in [0.1, 0.15) is 10.6 Å². The van der Waals surface area contributed by atoms with Crippen molar-refractivity contribution < 1.29 is 13.2 Å². The molecule has 1 aromatic carbocycles. The van der Waals surface area contributed by atoms with Crippen molar-refractivity contribution in [3.8, 4) is 5.75 Å². The minimum atomic E-state index is -3.65. The Kier molecular flexibility index (Phi) is 4.75. The predicted octanol–water partition coefficient (Wildman–Crippen LogP) is 1.52. The number of nitrogens with two attached hydrogens (primary N) is 1. The highest BCUT2D eigenvalue weighted by molar-refractivity contribution is 7.89. The average molecular weight is 270 g/mol. The van der Waals surface area contributed by atoms with E-state index in [1.165, 1.54) is 19.2 Å². The van der Waals surface area contributed by atoms with Crippen LogP contribution in [0.25, 0.3) is 0 Å². The van der Waals surface area contributed by atoms with Crippen molar-refractivity contribution in [2.24, 2.45) is 0 Å². The van der Waals surface area contributed by atoms with Crippen LogP contribution in [-0.4, -0.2) is 21.6 Å². The number of methoxy groups -OCH3 is 1. The first-order chi connectivity index (χ1) is 8.40. The van der Waals surface area contributed by atoms with Crippen LogP contribution < -0.4 is 15.2 Å². The molecule has 0 amide bonds. The Morgan fingerprint density at radius 2 is 2.22 bits per heavy atom. The van der Waals surface area contributed by atoms with Gasteiger partial charge in [-0.3, -0.25) is 0 Å². The molecule has 1 unspecified atom stereocenters. The fourth-order valence-electron chi connectivity index (χ4n) is 1.53. The summed E-state index contributed by atoms with van der Waals surface area (Å²) in [6.07, 6.45) is 2.20. The number of anilines is 1. The van der Waals surface area contributed by atoms with Gasteiger partial charge in [0, 0.05) is 11.7 Å². The molecule has 6 heteroatoms. The molecule has 3 N–H and O–H groups in total. The van der Waals surface area contributed by atoms with E-state index in [4.69, 9.17) is 10.5 Å². The molecule has 0 radical (unpaired) electrons. The molecule has 1 rings (SSSR count). The van der Waals surface area contributed by atoms with Crippen molar-refractivity contribution >= 4 is 15.7 Å². The normalized spacial score (nSPS) is 13.0. The maximum Gasteiger partial charge on any atom is 0.244 e. The van der Waals surface area contributed by atoms with Crippen LogP contribution in [0.1, 0.15) is 13.3 Å². The minimum absolute atomic E-state index is 0.0425. The van der Waals surface area contributed by atoms with Crippen LogP contribution in [-0.2, 0) is 10.0 Å². The van der Waals surface area contributed by atoms with Gasteiger partial charge >= 0.3 is 0 Å². The number of hydrogen-bond donors (Lipinski definition) is 2. The fraction of sp³-hybridized carbons (Fsp3) is 0.333. The van der Waals surface area contributed by atoms with E-state index in [0.717, 1.165) is 0 Å². The molecule has 0 aliphatic heterocycles. The summed E-state index contributed by atoms with van der Waals surface area (Å²) >= 11 is 0. The summed E-state index contributed by atoms with van der Waals surface area (Å²) in [5.74, 6) is 0.266. The van der Waals surface area contributed by atoms with Gasteiger partial charge in [-0.1, -0.05) is 6.08 Å². The Morgan fingerprint density at radius 3 is 2.78 bits per heavy atom. The number of sulfonamides is 1. The molecular weight excluding hydrogens is 252 g/mol. The van der Waals surface area contributed by atoms with E-state index in [-0.39, 0.29) is 16.7 Å². The topological polar surface area (TPSA) is 81.4 Å². The summed E-state index contributed by atoms with van der Waals surface area (Å²) in [5.41, 5.74) is 5.97. The standard InChI is InChI=1S/C12H18N2O3S/c1-4-5-9(2)14-18(15,16)12-8-10(13)6-7-11(12)17-3/h4,6-9,14H,1,5,13H2,2-3H3. The monoisotopic (exact) mass is 270 g/mol. The van der Waals surface area contributed by atoms with Gasteiger partial charge in [-0.2, -0.15) is 0 Å². The number of hydrogen-bond acceptors (Lipinski definition) is 4. The molecule has 0 aliphatic carbocycles. The van der Waals surface area contributed by atoms with E-state index < -0.39 is 10.0 Å². The molecule has 0 aromatic heterocycles. The van der Waals surface area contributed by atoms with E-state index in [9.17, 15) is 8.42 Å². The number of nitrogen functional groups attached to an aromatic ring is 1. The second kappa shape index (κ2) is 5.88. The van der Waals surface area contributed by atoms with E-state index in [1.807, 2.05) is 0 Å². The molecule has 0 bridgehead atoms. The zero-order valence-electron chi connectivity index (χ0n) is 10.5. The molecule has 0 saturated carbocycles. The third kappa shape index (κ3) is 3.48. The Morgan fingerprint density at radius 1 is 1.56 bits per heavy atom. The smallest absolute Gasteiger partial charge is 0.244 e. The van der Waals surface area contributed by atoms with Gasteiger partial charge in [-0.05, 0) is 31.5 Å². The van der Waals surface area contributed by atoms with Crippen LogP contribution in [0.5, 0.6) is 5.75 Å². The molecular formula is C12H18N2O3S. The van der Waals surface area contributed by atoms with Gasteiger partial charge in [0.05, 0.1) is 7.11 Å². The van der Waals surface area contributed by atoms with Gasteiger partial charge < -0.3 is 10.5 Å². The molecule has 0 aliphatic rings. The predicted molar refractivity (Wildman–Crippen MR) is 72.0 cm³/mol. The molecule has 0 fully saturated rings. The van der Waals surface area contributed by atoms with Crippen LogP contribution in [0.2, 0.25) is 0 Å². The van der Waals surface area contributed by atoms with E-state index >= 15 is 0 Å². The highest BCUT2D eigenvalue weighted by Crippen LogP contribution is 2.25. The summed E-state index contributed by atoms with van der Waals surface area (Å²) in [6, 6.07) is 4.26. The first-order valence-corrected chi connectivity index (χ1v) is 6.95. The summed E-state index contributed by atoms with van der Waals surface area (Å²) in [4.78, 5) is 0.0425. The first kappa shape index (κ1) is 14.5. The molecule has 0 saturated heterocycles. The highest BCUT2D eigenvalue weighted by Gasteiger charge is 2.21. The minimum Gasteiger partial charge on any atom is -0.495 e. The fourth-order valence-corrected chi connectivity index (χ4v) is 2.99. The quantitative estimate of drug-likeness (QED) is 0.606. The maximum absolute atomic E-state index is 12.2. The van der Waals surface area contributed by atoms with Crippen molar-refractivity contribution in [1.82, 2.24) is 4.72 Å². The van der Waals surface area contributed by atoms with E-state index in [1.54, 1.807) is 19.1 Å². The summed E-state index contributed by atoms with van der Waals surface area (Å²) in [6.45, 7) is 5.33. The molecule has 0 spiro atoms. The lowest BCUT2D eigenvalue weighted by molar-refractivity contribution is 0.402. The number of benzene rings is 1. The number of rotatable bonds is 6. The summed E-state index contributed by atoms with van der Waals surface area (Å²) in [7, 11) is -2.24. The largest absolute Gasteiger partial charge is 0.495 e. The summed E-state index contributed by atoms with van der Waals surface area (Å²) < 4.78 is 31.9. The lowest BCUT2D eigenvalue weighted by atomic mass is 10.3. The van der Waals surface area contributed by atoms with Crippen LogP contribution in [0.15, 0.2) is 35.7 Å². The number of ether oxygens (including phenoxy) is 1. The highest BCUT2D eigenvalue weighted by atomic mass is 32.2. The van der Waals surface area contributed by atoms with Crippen LogP contribution in [0.3, 0.4) is 0 Å². The van der Waals surface area contributed by atoms with Gasteiger partial charge in [0.25, 0.3) is 0 Å². The average Bonchev–Trinajstić information content (AvgIpc) is 2.28. The van der Waals surface area contributed by atoms with E-state index in [0.29, 0.717) is 12.1 Å². The maximum atomic E-state index is 12.2. The number of nitrogens with one attached hydrogen (secondary N) is 1. The first-order valence-electron chi connectivity index (χ1n) is 5.47. The van der Waals surface area contributed by atoms with E-state index in [2.05, 4.69) is 11.3 Å². The Hall–Kier alpha value is -1.53. The Labute approximate surface area is 108 Å². The molecule has 0 heterocycles. The van der Waals surface area contributed by atoms with Gasteiger partial charge in [-0.25, -0.2) is 13.1 Å². The zero-order chi connectivity index (χ0) is 13.8. The van der Waals surface area contributed by atoms with Crippen LogP contribution in [0.4, 0.5) is 5.69 Å². The SMILES string of the molecule is C=CCC(C)NS(=O)(=O)c1cc(N)ccc1OC. The molecule has 18 heavy (non-hydrogen) atoms. The lowest BCUT2D eigenvalue weighted by Gasteiger charge is -2.15. The van der Waals surface area contributed by atoms with Crippen molar-refractivity contribution in [3.63, 3.8) is 0 Å². The summed E-state index contributed by atoms with van der Waals surface area (Å²) in [5, 5.41) is 0. The van der Waals surface area contributed by atoms with Gasteiger partial charge in [-0.15, -0.1) is 6.58 Å². The molecule has 5 nitrogen and oxygen atoms in total. The van der Waals surface area contributed by atoms with Crippen molar-refractivity contribution in [1.29, 1.82) is 0 Å².